The van der Waals surface area contributed by atoms with Crippen LogP contribution in [0.5, 0.6) is 0 Å². The van der Waals surface area contributed by atoms with E-state index in [1.165, 1.54) is 6.39 Å². The summed E-state index contributed by atoms with van der Waals surface area (Å²) in [7, 11) is 1.96. The third kappa shape index (κ3) is 1.92. The Kier molecular flexibility index (Phi) is 2.83. The number of fused-ring (bicyclic) bond motifs is 1. The molecule has 0 bridgehead atoms. The van der Waals surface area contributed by atoms with Crippen LogP contribution in [0.3, 0.4) is 0 Å². The molecule has 0 aliphatic heterocycles. The van der Waals surface area contributed by atoms with E-state index in [1.807, 2.05) is 36.7 Å². The minimum absolute atomic E-state index is 0.102. The van der Waals surface area contributed by atoms with Crippen LogP contribution in [0.2, 0.25) is 0 Å². The molecule has 0 fully saturated rings. The summed E-state index contributed by atoms with van der Waals surface area (Å²) in [5.41, 5.74) is 4.59. The summed E-state index contributed by atoms with van der Waals surface area (Å²) < 4.78 is 7.33. The van der Waals surface area contributed by atoms with Crippen molar-refractivity contribution in [2.24, 2.45) is 7.05 Å². The van der Waals surface area contributed by atoms with Crippen molar-refractivity contribution in [2.45, 2.75) is 13.3 Å². The molecule has 1 N–H and O–H groups in total. The third-order valence-corrected chi connectivity index (χ3v) is 3.41. The van der Waals surface area contributed by atoms with E-state index < -0.39 is 0 Å². The third-order valence-electron chi connectivity index (χ3n) is 3.41. The number of imidazole rings is 1. The topological polar surface area (TPSA) is 64.1 Å². The van der Waals surface area contributed by atoms with Crippen molar-refractivity contribution in [1.29, 1.82) is 0 Å². The standard InChI is InChI=1S/C14H15N3O2/c1-9-14(16-13(5-6-18)17(9)2)10-3-4-11-12(7-10)19-8-15-11/h3-4,7-8,18H,5-6H2,1-2H3. The molecule has 5 nitrogen and oxygen atoms in total. The van der Waals surface area contributed by atoms with Gasteiger partial charge in [-0.3, -0.25) is 0 Å². The molecule has 3 rings (SSSR count). The molecule has 0 aliphatic carbocycles. The molecule has 3 aromatic rings. The molecule has 2 aromatic heterocycles. The van der Waals surface area contributed by atoms with Crippen LogP contribution >= 0.6 is 0 Å². The lowest BCUT2D eigenvalue weighted by molar-refractivity contribution is 0.295. The van der Waals surface area contributed by atoms with Gasteiger partial charge in [-0.2, -0.15) is 0 Å². The van der Waals surface area contributed by atoms with Crippen molar-refractivity contribution >= 4 is 11.1 Å². The van der Waals surface area contributed by atoms with E-state index in [0.29, 0.717) is 6.42 Å². The van der Waals surface area contributed by atoms with Crippen LogP contribution in [0.25, 0.3) is 22.4 Å². The van der Waals surface area contributed by atoms with Gasteiger partial charge in [-0.25, -0.2) is 9.97 Å². The van der Waals surface area contributed by atoms with Crippen molar-refractivity contribution in [3.8, 4) is 11.3 Å². The fourth-order valence-electron chi connectivity index (χ4n) is 2.24. The quantitative estimate of drug-likeness (QED) is 0.780. The van der Waals surface area contributed by atoms with Crippen molar-refractivity contribution in [3.05, 3.63) is 36.1 Å². The Hall–Kier alpha value is -2.14. The van der Waals surface area contributed by atoms with Gasteiger partial charge >= 0.3 is 0 Å². The highest BCUT2D eigenvalue weighted by atomic mass is 16.3. The molecule has 0 saturated carbocycles. The van der Waals surface area contributed by atoms with Crippen LogP contribution in [0.4, 0.5) is 0 Å². The first kappa shape index (κ1) is 11.9. The molecule has 98 valence electrons. The molecule has 0 spiro atoms. The number of oxazole rings is 1. The molecule has 1 aromatic carbocycles. The minimum atomic E-state index is 0.102. The van der Waals surface area contributed by atoms with Gasteiger partial charge in [-0.1, -0.05) is 6.07 Å². The molecule has 0 amide bonds. The zero-order valence-electron chi connectivity index (χ0n) is 10.9. The summed E-state index contributed by atoms with van der Waals surface area (Å²) >= 11 is 0. The average Bonchev–Trinajstić information content (AvgIpc) is 2.98. The Morgan fingerprint density at radius 2 is 2.21 bits per heavy atom. The van der Waals surface area contributed by atoms with E-state index in [1.54, 1.807) is 0 Å². The number of aliphatic hydroxyl groups excluding tert-OH is 1. The minimum Gasteiger partial charge on any atom is -0.443 e. The molecule has 0 unspecified atom stereocenters. The van der Waals surface area contributed by atoms with Gasteiger partial charge in [0, 0.05) is 24.7 Å². The van der Waals surface area contributed by atoms with E-state index in [0.717, 1.165) is 33.9 Å². The first-order valence-electron chi connectivity index (χ1n) is 6.17. The van der Waals surface area contributed by atoms with Gasteiger partial charge < -0.3 is 14.1 Å². The summed E-state index contributed by atoms with van der Waals surface area (Å²) in [6, 6.07) is 5.86. The highest BCUT2D eigenvalue weighted by molar-refractivity contribution is 5.79. The Morgan fingerprint density at radius 3 is 3.00 bits per heavy atom. The zero-order valence-corrected chi connectivity index (χ0v) is 10.9. The lowest BCUT2D eigenvalue weighted by Gasteiger charge is -2.01. The summed E-state index contributed by atoms with van der Waals surface area (Å²) in [4.78, 5) is 8.70. The predicted octanol–water partition coefficient (Wildman–Crippen LogP) is 2.07. The van der Waals surface area contributed by atoms with Crippen molar-refractivity contribution in [1.82, 2.24) is 14.5 Å². The number of benzene rings is 1. The number of hydrogen-bond donors (Lipinski definition) is 1. The molecule has 2 heterocycles. The lowest BCUT2D eigenvalue weighted by Crippen LogP contribution is -2.01. The lowest BCUT2D eigenvalue weighted by atomic mass is 10.1. The van der Waals surface area contributed by atoms with Crippen LogP contribution in [-0.2, 0) is 13.5 Å². The van der Waals surface area contributed by atoms with Crippen molar-refractivity contribution in [3.63, 3.8) is 0 Å². The van der Waals surface area contributed by atoms with Gasteiger partial charge in [-0.05, 0) is 19.1 Å². The van der Waals surface area contributed by atoms with E-state index in [9.17, 15) is 0 Å². The van der Waals surface area contributed by atoms with Crippen LogP contribution < -0.4 is 0 Å². The van der Waals surface area contributed by atoms with E-state index >= 15 is 0 Å². The van der Waals surface area contributed by atoms with Gasteiger partial charge in [-0.15, -0.1) is 0 Å². The SMILES string of the molecule is Cc1c(-c2ccc3ncoc3c2)nc(CCO)n1C. The number of nitrogens with zero attached hydrogens (tertiary/aromatic N) is 3. The fraction of sp³-hybridized carbons (Fsp3) is 0.286. The van der Waals surface area contributed by atoms with E-state index in [4.69, 9.17) is 9.52 Å². The van der Waals surface area contributed by atoms with E-state index in [2.05, 4.69) is 9.97 Å². The van der Waals surface area contributed by atoms with Crippen LogP contribution in [0.1, 0.15) is 11.5 Å². The highest BCUT2D eigenvalue weighted by Gasteiger charge is 2.13. The second-order valence-corrected chi connectivity index (χ2v) is 4.53. The second-order valence-electron chi connectivity index (χ2n) is 4.53. The van der Waals surface area contributed by atoms with Gasteiger partial charge in [0.2, 0.25) is 0 Å². The van der Waals surface area contributed by atoms with Crippen LogP contribution in [0.15, 0.2) is 29.0 Å². The molecule has 0 aliphatic rings. The van der Waals surface area contributed by atoms with Crippen LogP contribution in [-0.4, -0.2) is 26.2 Å². The maximum absolute atomic E-state index is 9.05. The summed E-state index contributed by atoms with van der Waals surface area (Å²) in [6.45, 7) is 2.12. The zero-order chi connectivity index (χ0) is 13.4. The van der Waals surface area contributed by atoms with Crippen molar-refractivity contribution in [2.75, 3.05) is 6.61 Å². The number of aliphatic hydroxyl groups is 1. The van der Waals surface area contributed by atoms with Crippen LogP contribution in [0, 0.1) is 6.92 Å². The summed E-state index contributed by atoms with van der Waals surface area (Å²) in [6.07, 6.45) is 2.00. The summed E-state index contributed by atoms with van der Waals surface area (Å²) in [5.74, 6) is 0.882. The number of rotatable bonds is 3. The maximum atomic E-state index is 9.05. The molecule has 19 heavy (non-hydrogen) atoms. The van der Waals surface area contributed by atoms with Crippen molar-refractivity contribution < 1.29 is 9.52 Å². The predicted molar refractivity (Wildman–Crippen MR) is 71.7 cm³/mol. The normalized spacial score (nSPS) is 11.3. The molecule has 0 atom stereocenters. The molecule has 0 radical (unpaired) electrons. The van der Waals surface area contributed by atoms with Gasteiger partial charge in [0.25, 0.3) is 0 Å². The molecular weight excluding hydrogens is 242 g/mol. The first-order chi connectivity index (χ1) is 9.20. The monoisotopic (exact) mass is 257 g/mol. The molecular formula is C14H15N3O2. The Bertz CT molecular complexity index is 727. The van der Waals surface area contributed by atoms with Gasteiger partial charge in [0.05, 0.1) is 12.3 Å². The Morgan fingerprint density at radius 1 is 1.37 bits per heavy atom. The average molecular weight is 257 g/mol. The first-order valence-corrected chi connectivity index (χ1v) is 6.17. The second kappa shape index (κ2) is 4.51. The Balaban J connectivity index is 2.12. The Labute approximate surface area is 110 Å². The number of aromatic nitrogens is 3. The largest absolute Gasteiger partial charge is 0.443 e. The van der Waals surface area contributed by atoms with Gasteiger partial charge in [0.1, 0.15) is 11.3 Å². The van der Waals surface area contributed by atoms with Gasteiger partial charge in [0.15, 0.2) is 12.0 Å². The maximum Gasteiger partial charge on any atom is 0.181 e. The fourth-order valence-corrected chi connectivity index (χ4v) is 2.24. The number of hydrogen-bond acceptors (Lipinski definition) is 4. The molecule has 5 heteroatoms. The molecule has 0 saturated heterocycles. The smallest absolute Gasteiger partial charge is 0.181 e. The summed E-state index contributed by atoms with van der Waals surface area (Å²) in [5, 5.41) is 9.05. The highest BCUT2D eigenvalue weighted by Crippen LogP contribution is 2.26. The van der Waals surface area contributed by atoms with E-state index in [-0.39, 0.29) is 6.61 Å².